The Hall–Kier alpha value is -1.54. The van der Waals surface area contributed by atoms with Crippen LogP contribution in [0.25, 0.3) is 0 Å². The van der Waals surface area contributed by atoms with E-state index in [4.69, 9.17) is 4.42 Å². The van der Waals surface area contributed by atoms with Crippen LogP contribution in [0.4, 0.5) is 0 Å². The molecule has 1 aromatic heterocycles. The van der Waals surface area contributed by atoms with Gasteiger partial charge >= 0.3 is 0 Å². The van der Waals surface area contributed by atoms with Gasteiger partial charge in [-0.1, -0.05) is 37.3 Å². The molecule has 1 fully saturated rings. The Morgan fingerprint density at radius 1 is 1.25 bits per heavy atom. The van der Waals surface area contributed by atoms with Crippen molar-refractivity contribution in [3.63, 3.8) is 0 Å². The third-order valence-electron chi connectivity index (χ3n) is 4.29. The normalized spacial score (nSPS) is 22.7. The fourth-order valence-electron chi connectivity index (χ4n) is 3.11. The minimum absolute atomic E-state index is 0.357. The zero-order valence-corrected chi connectivity index (χ0v) is 12.3. The smallest absolute Gasteiger partial charge is 0.123 e. The lowest BCUT2D eigenvalue weighted by atomic mass is 10.0. The van der Waals surface area contributed by atoms with Crippen molar-refractivity contribution >= 4 is 0 Å². The number of aryl methyl sites for hydroxylation is 1. The second-order valence-corrected chi connectivity index (χ2v) is 5.82. The second-order valence-electron chi connectivity index (χ2n) is 5.82. The molecule has 1 aliphatic carbocycles. The van der Waals surface area contributed by atoms with Crippen molar-refractivity contribution in [1.82, 2.24) is 5.32 Å². The fraction of sp³-hybridized carbons (Fsp3) is 0.444. The van der Waals surface area contributed by atoms with E-state index in [-0.39, 0.29) is 0 Å². The van der Waals surface area contributed by atoms with Crippen LogP contribution < -0.4 is 5.32 Å². The molecular formula is C18H23NO. The predicted octanol–water partition coefficient (Wildman–Crippen LogP) is 4.43. The van der Waals surface area contributed by atoms with Gasteiger partial charge in [-0.25, -0.2) is 0 Å². The van der Waals surface area contributed by atoms with E-state index < -0.39 is 0 Å². The first kappa shape index (κ1) is 13.4. The lowest BCUT2D eigenvalue weighted by molar-refractivity contribution is 0.376. The highest BCUT2D eigenvalue weighted by Gasteiger charge is 2.45. The Labute approximate surface area is 121 Å². The molecule has 1 aliphatic rings. The first-order valence-electron chi connectivity index (χ1n) is 7.63. The lowest BCUT2D eigenvalue weighted by Gasteiger charge is -2.17. The largest absolute Gasteiger partial charge is 0.467 e. The number of hydrogen-bond donors (Lipinski definition) is 1. The molecule has 0 aliphatic heterocycles. The average molecular weight is 269 g/mol. The van der Waals surface area contributed by atoms with E-state index in [2.05, 4.69) is 55.6 Å². The molecule has 0 amide bonds. The van der Waals surface area contributed by atoms with Crippen molar-refractivity contribution in [2.45, 2.75) is 38.6 Å². The van der Waals surface area contributed by atoms with Crippen LogP contribution in [0, 0.1) is 12.8 Å². The summed E-state index contributed by atoms with van der Waals surface area (Å²) in [5.41, 5.74) is 2.72. The maximum Gasteiger partial charge on any atom is 0.123 e. The van der Waals surface area contributed by atoms with E-state index in [0.717, 1.165) is 18.7 Å². The Morgan fingerprint density at radius 3 is 2.70 bits per heavy atom. The summed E-state index contributed by atoms with van der Waals surface area (Å²) in [5, 5.41) is 3.68. The Kier molecular flexibility index (Phi) is 3.93. The number of benzene rings is 1. The van der Waals surface area contributed by atoms with Gasteiger partial charge in [0.05, 0.1) is 12.3 Å². The van der Waals surface area contributed by atoms with Crippen LogP contribution in [0.1, 0.15) is 48.6 Å². The lowest BCUT2D eigenvalue weighted by Crippen LogP contribution is -2.24. The Morgan fingerprint density at radius 2 is 2.05 bits per heavy atom. The molecule has 0 radical (unpaired) electrons. The number of rotatable bonds is 6. The topological polar surface area (TPSA) is 25.2 Å². The van der Waals surface area contributed by atoms with Crippen molar-refractivity contribution in [2.24, 2.45) is 5.92 Å². The molecule has 106 valence electrons. The van der Waals surface area contributed by atoms with Crippen LogP contribution in [0.2, 0.25) is 0 Å². The van der Waals surface area contributed by atoms with Crippen molar-refractivity contribution in [1.29, 1.82) is 0 Å². The molecule has 1 aromatic carbocycles. The number of furan rings is 1. The van der Waals surface area contributed by atoms with E-state index in [0.29, 0.717) is 17.9 Å². The third kappa shape index (κ3) is 2.66. The van der Waals surface area contributed by atoms with Gasteiger partial charge in [-0.2, -0.15) is 0 Å². The van der Waals surface area contributed by atoms with Gasteiger partial charge in [0.1, 0.15) is 5.76 Å². The molecule has 2 aromatic rings. The van der Waals surface area contributed by atoms with Crippen LogP contribution in [-0.2, 0) is 0 Å². The first-order chi connectivity index (χ1) is 9.81. The van der Waals surface area contributed by atoms with Crippen molar-refractivity contribution < 1.29 is 4.42 Å². The van der Waals surface area contributed by atoms with Gasteiger partial charge in [0.2, 0.25) is 0 Å². The quantitative estimate of drug-likeness (QED) is 0.839. The van der Waals surface area contributed by atoms with E-state index in [1.54, 1.807) is 0 Å². The summed E-state index contributed by atoms with van der Waals surface area (Å²) >= 11 is 0. The number of hydrogen-bond acceptors (Lipinski definition) is 2. The molecule has 2 heteroatoms. The molecule has 0 bridgehead atoms. The van der Waals surface area contributed by atoms with Crippen molar-refractivity contribution in [3.05, 3.63) is 59.5 Å². The van der Waals surface area contributed by atoms with Gasteiger partial charge < -0.3 is 9.73 Å². The fourth-order valence-corrected chi connectivity index (χ4v) is 3.11. The average Bonchev–Trinajstić information content (AvgIpc) is 3.16. The van der Waals surface area contributed by atoms with E-state index in [1.807, 2.05) is 6.26 Å². The van der Waals surface area contributed by atoms with Gasteiger partial charge in [-0.05, 0) is 55.3 Å². The summed E-state index contributed by atoms with van der Waals surface area (Å²) in [6, 6.07) is 13.3. The summed E-state index contributed by atoms with van der Waals surface area (Å²) in [7, 11) is 0. The zero-order valence-electron chi connectivity index (χ0n) is 12.3. The molecular weight excluding hydrogens is 246 g/mol. The van der Waals surface area contributed by atoms with Crippen LogP contribution in [0.15, 0.2) is 47.1 Å². The van der Waals surface area contributed by atoms with Crippen LogP contribution in [-0.4, -0.2) is 6.54 Å². The summed E-state index contributed by atoms with van der Waals surface area (Å²) < 4.78 is 5.75. The molecule has 3 unspecified atom stereocenters. The van der Waals surface area contributed by atoms with Gasteiger partial charge in [0, 0.05) is 0 Å². The summed E-state index contributed by atoms with van der Waals surface area (Å²) in [6.07, 6.45) is 4.22. The van der Waals surface area contributed by atoms with E-state index in [1.165, 1.54) is 17.5 Å². The second kappa shape index (κ2) is 5.84. The van der Waals surface area contributed by atoms with Crippen molar-refractivity contribution in [3.8, 4) is 0 Å². The van der Waals surface area contributed by atoms with Crippen LogP contribution >= 0.6 is 0 Å². The zero-order chi connectivity index (χ0) is 13.9. The first-order valence-corrected chi connectivity index (χ1v) is 7.63. The van der Waals surface area contributed by atoms with Crippen LogP contribution in [0.3, 0.4) is 0 Å². The minimum Gasteiger partial charge on any atom is -0.467 e. The maximum atomic E-state index is 5.75. The SMILES string of the molecule is CCCNC(c1occc1C)C1CC1c1ccccc1. The molecule has 2 nitrogen and oxygen atoms in total. The number of nitrogens with one attached hydrogen (secondary N) is 1. The van der Waals surface area contributed by atoms with Gasteiger partial charge in [-0.3, -0.25) is 0 Å². The van der Waals surface area contributed by atoms with Gasteiger partial charge in [-0.15, -0.1) is 0 Å². The standard InChI is InChI=1S/C18H23NO/c1-3-10-19-17(18-13(2)9-11-20-18)16-12-15(16)14-7-5-4-6-8-14/h4-9,11,15-17,19H,3,10,12H2,1-2H3. The Balaban J connectivity index is 1.77. The highest BCUT2D eigenvalue weighted by Crippen LogP contribution is 2.54. The van der Waals surface area contributed by atoms with Gasteiger partial charge in [0.25, 0.3) is 0 Å². The van der Waals surface area contributed by atoms with Crippen LogP contribution in [0.5, 0.6) is 0 Å². The monoisotopic (exact) mass is 269 g/mol. The predicted molar refractivity (Wildman–Crippen MR) is 81.8 cm³/mol. The van der Waals surface area contributed by atoms with Gasteiger partial charge in [0.15, 0.2) is 0 Å². The molecule has 0 spiro atoms. The molecule has 1 saturated carbocycles. The van der Waals surface area contributed by atoms with E-state index in [9.17, 15) is 0 Å². The molecule has 1 N–H and O–H groups in total. The van der Waals surface area contributed by atoms with Crippen molar-refractivity contribution in [2.75, 3.05) is 6.54 Å². The molecule has 1 heterocycles. The maximum absolute atomic E-state index is 5.75. The molecule has 3 atom stereocenters. The molecule has 0 saturated heterocycles. The molecule has 3 rings (SSSR count). The van der Waals surface area contributed by atoms with E-state index >= 15 is 0 Å². The molecule has 20 heavy (non-hydrogen) atoms. The highest BCUT2D eigenvalue weighted by atomic mass is 16.3. The summed E-state index contributed by atoms with van der Waals surface area (Å²) in [4.78, 5) is 0. The minimum atomic E-state index is 0.357. The summed E-state index contributed by atoms with van der Waals surface area (Å²) in [6.45, 7) is 5.39. The summed E-state index contributed by atoms with van der Waals surface area (Å²) in [5.74, 6) is 2.46. The highest BCUT2D eigenvalue weighted by molar-refractivity contribution is 5.30. The Bertz CT molecular complexity index is 546. The third-order valence-corrected chi connectivity index (χ3v) is 4.29.